The number of carbonyl (C=O) groups is 1. The van der Waals surface area contributed by atoms with Gasteiger partial charge in [0.25, 0.3) is 0 Å². The van der Waals surface area contributed by atoms with Crippen LogP contribution in [0.5, 0.6) is 11.5 Å². The van der Waals surface area contributed by atoms with Gasteiger partial charge >= 0.3 is 0 Å². The second-order valence-electron chi connectivity index (χ2n) is 6.03. The lowest BCUT2D eigenvalue weighted by Crippen LogP contribution is -2.32. The van der Waals surface area contributed by atoms with E-state index >= 15 is 0 Å². The zero-order chi connectivity index (χ0) is 17.5. The van der Waals surface area contributed by atoms with E-state index in [2.05, 4.69) is 6.92 Å². The molecule has 4 nitrogen and oxygen atoms in total. The van der Waals surface area contributed by atoms with Gasteiger partial charge in [-0.25, -0.2) is 0 Å². The molecule has 0 bridgehead atoms. The van der Waals surface area contributed by atoms with Crippen LogP contribution in [-0.2, 0) is 4.79 Å². The third-order valence-corrected chi connectivity index (χ3v) is 4.22. The topological polar surface area (TPSA) is 38.8 Å². The van der Waals surface area contributed by atoms with Gasteiger partial charge in [0, 0.05) is 19.2 Å². The molecule has 1 aromatic carbocycles. The summed E-state index contributed by atoms with van der Waals surface area (Å²) in [6.45, 7) is 6.18. The maximum absolute atomic E-state index is 12.4. The number of benzene rings is 1. The number of ether oxygens (including phenoxy) is 2. The summed E-state index contributed by atoms with van der Waals surface area (Å²) in [7, 11) is 1.56. The molecule has 0 atom stereocenters. The average molecular weight is 352 g/mol. The Morgan fingerprint density at radius 2 is 2.12 bits per heavy atom. The van der Waals surface area contributed by atoms with Crippen molar-refractivity contribution in [2.24, 2.45) is 5.92 Å². The largest absolute Gasteiger partial charge is 0.491 e. The quantitative estimate of drug-likeness (QED) is 0.618. The minimum atomic E-state index is 0.0497. The van der Waals surface area contributed by atoms with E-state index in [0.29, 0.717) is 29.0 Å². The van der Waals surface area contributed by atoms with Gasteiger partial charge in [0.05, 0.1) is 18.7 Å². The molecule has 0 heterocycles. The van der Waals surface area contributed by atoms with Crippen molar-refractivity contribution in [3.8, 4) is 11.5 Å². The van der Waals surface area contributed by atoms with Crippen LogP contribution in [0.25, 0.3) is 6.08 Å². The standard InChI is InChI=1S/C19H26ClNO3/c1-4-10-21(13-14-6-7-14)18(22)9-8-15-11-16(20)19(23-3)17(12-15)24-5-2/h8-9,11-12,14H,4-7,10,13H2,1-3H3/b9-8+. The molecule has 1 aromatic rings. The summed E-state index contributed by atoms with van der Waals surface area (Å²) in [5, 5.41) is 0.471. The van der Waals surface area contributed by atoms with Crippen molar-refractivity contribution in [3.63, 3.8) is 0 Å². The molecular formula is C19H26ClNO3. The summed E-state index contributed by atoms with van der Waals surface area (Å²) in [5.41, 5.74) is 0.820. The van der Waals surface area contributed by atoms with E-state index in [9.17, 15) is 4.79 Å². The predicted molar refractivity (Wildman–Crippen MR) is 97.8 cm³/mol. The maximum atomic E-state index is 12.4. The Balaban J connectivity index is 2.12. The molecular weight excluding hydrogens is 326 g/mol. The van der Waals surface area contributed by atoms with Gasteiger partial charge in [0.2, 0.25) is 5.91 Å². The Hall–Kier alpha value is -1.68. The Morgan fingerprint density at radius 3 is 2.71 bits per heavy atom. The van der Waals surface area contributed by atoms with Crippen LogP contribution in [0.1, 0.15) is 38.7 Å². The molecule has 0 saturated heterocycles. The molecule has 0 radical (unpaired) electrons. The van der Waals surface area contributed by atoms with Crippen LogP contribution in [0.15, 0.2) is 18.2 Å². The first-order valence-electron chi connectivity index (χ1n) is 8.56. The number of amides is 1. The highest BCUT2D eigenvalue weighted by molar-refractivity contribution is 6.32. The van der Waals surface area contributed by atoms with Crippen molar-refractivity contribution in [2.75, 3.05) is 26.8 Å². The van der Waals surface area contributed by atoms with Crippen molar-refractivity contribution >= 4 is 23.6 Å². The van der Waals surface area contributed by atoms with Gasteiger partial charge in [0.15, 0.2) is 11.5 Å². The van der Waals surface area contributed by atoms with Crippen LogP contribution in [0.3, 0.4) is 0 Å². The van der Waals surface area contributed by atoms with Gasteiger partial charge < -0.3 is 14.4 Å². The number of hydrogen-bond acceptors (Lipinski definition) is 3. The summed E-state index contributed by atoms with van der Waals surface area (Å²) in [6.07, 6.45) is 6.85. The van der Waals surface area contributed by atoms with Crippen molar-refractivity contribution in [1.29, 1.82) is 0 Å². The van der Waals surface area contributed by atoms with Gasteiger partial charge in [-0.05, 0) is 55.9 Å². The van der Waals surface area contributed by atoms with E-state index in [1.807, 2.05) is 17.9 Å². The van der Waals surface area contributed by atoms with Gasteiger partial charge in [0.1, 0.15) is 0 Å². The van der Waals surface area contributed by atoms with Crippen molar-refractivity contribution < 1.29 is 14.3 Å². The van der Waals surface area contributed by atoms with Crippen molar-refractivity contribution in [2.45, 2.75) is 33.1 Å². The Kier molecular flexibility index (Phi) is 6.98. The van der Waals surface area contributed by atoms with Gasteiger partial charge in [-0.2, -0.15) is 0 Å². The molecule has 1 fully saturated rings. The average Bonchev–Trinajstić information content (AvgIpc) is 3.36. The molecule has 0 aromatic heterocycles. The molecule has 1 aliphatic rings. The molecule has 1 saturated carbocycles. The monoisotopic (exact) mass is 351 g/mol. The van der Waals surface area contributed by atoms with E-state index in [-0.39, 0.29) is 5.91 Å². The normalized spacial score (nSPS) is 14.0. The lowest BCUT2D eigenvalue weighted by Gasteiger charge is -2.20. The molecule has 1 amide bonds. The summed E-state index contributed by atoms with van der Waals surface area (Å²) < 4.78 is 10.8. The van der Waals surface area contributed by atoms with Crippen LogP contribution < -0.4 is 9.47 Å². The van der Waals surface area contributed by atoms with Gasteiger partial charge in [-0.1, -0.05) is 18.5 Å². The maximum Gasteiger partial charge on any atom is 0.246 e. The van der Waals surface area contributed by atoms with Crippen molar-refractivity contribution in [3.05, 3.63) is 28.8 Å². The van der Waals surface area contributed by atoms with Gasteiger partial charge in [-0.3, -0.25) is 4.79 Å². The second kappa shape index (κ2) is 8.97. The molecule has 0 N–H and O–H groups in total. The minimum absolute atomic E-state index is 0.0497. The molecule has 0 aliphatic heterocycles. The Morgan fingerprint density at radius 1 is 1.38 bits per heavy atom. The number of methoxy groups -OCH3 is 1. The first-order chi connectivity index (χ1) is 11.6. The molecule has 2 rings (SSSR count). The molecule has 132 valence electrons. The molecule has 0 spiro atoms. The van der Waals surface area contributed by atoms with Gasteiger partial charge in [-0.15, -0.1) is 0 Å². The fraction of sp³-hybridized carbons (Fsp3) is 0.526. The zero-order valence-electron chi connectivity index (χ0n) is 14.7. The van der Waals surface area contributed by atoms with Crippen LogP contribution in [0.4, 0.5) is 0 Å². The minimum Gasteiger partial charge on any atom is -0.491 e. The first kappa shape index (κ1) is 18.7. The fourth-order valence-corrected chi connectivity index (χ4v) is 2.89. The Labute approximate surface area is 149 Å². The highest BCUT2D eigenvalue weighted by atomic mass is 35.5. The highest BCUT2D eigenvalue weighted by Crippen LogP contribution is 2.36. The highest BCUT2D eigenvalue weighted by Gasteiger charge is 2.25. The Bertz CT molecular complexity index is 597. The van der Waals surface area contributed by atoms with E-state index in [1.165, 1.54) is 12.8 Å². The van der Waals surface area contributed by atoms with E-state index in [0.717, 1.165) is 25.1 Å². The third kappa shape index (κ3) is 5.17. The lowest BCUT2D eigenvalue weighted by atomic mass is 10.1. The zero-order valence-corrected chi connectivity index (χ0v) is 15.4. The van der Waals surface area contributed by atoms with Crippen LogP contribution >= 0.6 is 11.6 Å². The second-order valence-corrected chi connectivity index (χ2v) is 6.44. The number of carbonyl (C=O) groups excluding carboxylic acids is 1. The number of rotatable bonds is 9. The first-order valence-corrected chi connectivity index (χ1v) is 8.94. The predicted octanol–water partition coefficient (Wildman–Crippen LogP) is 4.41. The molecule has 1 aliphatic carbocycles. The summed E-state index contributed by atoms with van der Waals surface area (Å²) in [4.78, 5) is 14.4. The molecule has 24 heavy (non-hydrogen) atoms. The van der Waals surface area contributed by atoms with E-state index in [1.54, 1.807) is 25.3 Å². The summed E-state index contributed by atoms with van der Waals surface area (Å²) in [5.74, 6) is 1.84. The van der Waals surface area contributed by atoms with Crippen LogP contribution in [-0.4, -0.2) is 37.6 Å². The lowest BCUT2D eigenvalue weighted by molar-refractivity contribution is -0.126. The number of halogens is 1. The molecule has 0 unspecified atom stereocenters. The summed E-state index contributed by atoms with van der Waals surface area (Å²) in [6, 6.07) is 3.61. The van der Waals surface area contributed by atoms with Crippen LogP contribution in [0, 0.1) is 5.92 Å². The van der Waals surface area contributed by atoms with Crippen molar-refractivity contribution in [1.82, 2.24) is 4.90 Å². The third-order valence-electron chi connectivity index (χ3n) is 3.93. The molecule has 5 heteroatoms. The number of hydrogen-bond donors (Lipinski definition) is 0. The van der Waals surface area contributed by atoms with Crippen LogP contribution in [0.2, 0.25) is 5.02 Å². The SMILES string of the molecule is CCCN(CC1CC1)C(=O)/C=C/c1cc(Cl)c(OC)c(OCC)c1. The number of nitrogens with zero attached hydrogens (tertiary/aromatic N) is 1. The van der Waals surface area contributed by atoms with E-state index in [4.69, 9.17) is 21.1 Å². The smallest absolute Gasteiger partial charge is 0.246 e. The van der Waals surface area contributed by atoms with E-state index < -0.39 is 0 Å². The summed E-state index contributed by atoms with van der Waals surface area (Å²) >= 11 is 6.24. The fourth-order valence-electron chi connectivity index (χ4n) is 2.59.